The molecule has 0 saturated carbocycles. The van der Waals surface area contributed by atoms with Crippen molar-refractivity contribution < 1.29 is 9.53 Å². The zero-order chi connectivity index (χ0) is 18.2. The highest BCUT2D eigenvalue weighted by atomic mass is 16.5. The first kappa shape index (κ1) is 18.4. The number of carbonyl (C=O) groups excluding carboxylic acids is 1. The molecule has 2 aromatic carbocycles. The Morgan fingerprint density at radius 1 is 1.08 bits per heavy atom. The Morgan fingerprint density at radius 3 is 2.54 bits per heavy atom. The van der Waals surface area contributed by atoms with Crippen LogP contribution >= 0.6 is 0 Å². The van der Waals surface area contributed by atoms with Gasteiger partial charge in [-0.1, -0.05) is 42.5 Å². The lowest BCUT2D eigenvalue weighted by atomic mass is 10.0. The van der Waals surface area contributed by atoms with Crippen molar-refractivity contribution in [3.8, 4) is 0 Å². The van der Waals surface area contributed by atoms with Crippen molar-refractivity contribution in [3.05, 3.63) is 65.7 Å². The molecule has 1 aliphatic rings. The van der Waals surface area contributed by atoms with E-state index in [1.807, 2.05) is 30.3 Å². The minimum Gasteiger partial charge on any atom is -0.380 e. The molecule has 1 aliphatic heterocycles. The Hall–Kier alpha value is -2.37. The third kappa shape index (κ3) is 5.58. The molecule has 0 aliphatic carbocycles. The largest absolute Gasteiger partial charge is 0.380 e. The minimum absolute atomic E-state index is 0.138. The summed E-state index contributed by atoms with van der Waals surface area (Å²) in [7, 11) is 1.66. The number of nitrogens with zero attached hydrogens (tertiary/aromatic N) is 1. The smallest absolute Gasteiger partial charge is 0.319 e. The van der Waals surface area contributed by atoms with Crippen LogP contribution in [-0.4, -0.2) is 37.2 Å². The number of hydrogen-bond donors (Lipinski definition) is 2. The zero-order valence-corrected chi connectivity index (χ0v) is 15.3. The van der Waals surface area contributed by atoms with E-state index < -0.39 is 0 Å². The van der Waals surface area contributed by atoms with Gasteiger partial charge in [0.2, 0.25) is 0 Å². The molecule has 0 radical (unpaired) electrons. The maximum Gasteiger partial charge on any atom is 0.319 e. The quantitative estimate of drug-likeness (QED) is 0.834. The fraction of sp³-hybridized carbons (Fsp3) is 0.381. The Balaban J connectivity index is 1.42. The van der Waals surface area contributed by atoms with Crippen molar-refractivity contribution in [2.75, 3.05) is 25.5 Å². The fourth-order valence-corrected chi connectivity index (χ4v) is 3.34. The van der Waals surface area contributed by atoms with Gasteiger partial charge in [0.15, 0.2) is 0 Å². The highest BCUT2D eigenvalue weighted by Gasteiger charge is 2.20. The van der Waals surface area contributed by atoms with E-state index in [0.717, 1.165) is 43.7 Å². The molecule has 1 heterocycles. The van der Waals surface area contributed by atoms with E-state index in [4.69, 9.17) is 4.74 Å². The molecule has 1 fully saturated rings. The predicted octanol–water partition coefficient (Wildman–Crippen LogP) is 3.62. The summed E-state index contributed by atoms with van der Waals surface area (Å²) in [5.41, 5.74) is 3.17. The van der Waals surface area contributed by atoms with Crippen molar-refractivity contribution in [2.45, 2.75) is 32.0 Å². The van der Waals surface area contributed by atoms with Gasteiger partial charge in [0.05, 0.1) is 6.61 Å². The fourth-order valence-electron chi connectivity index (χ4n) is 3.34. The third-order valence-corrected chi connectivity index (χ3v) is 4.67. The lowest BCUT2D eigenvalue weighted by molar-refractivity contribution is 0.185. The lowest BCUT2D eigenvalue weighted by Crippen LogP contribution is -2.45. The molecule has 5 heteroatoms. The number of methoxy groups -OCH3 is 1. The molecule has 0 spiro atoms. The van der Waals surface area contributed by atoms with Gasteiger partial charge in [0, 0.05) is 38.5 Å². The number of urea groups is 1. The number of carbonyl (C=O) groups is 1. The van der Waals surface area contributed by atoms with E-state index >= 15 is 0 Å². The molecular formula is C21H27N3O2. The van der Waals surface area contributed by atoms with E-state index in [0.29, 0.717) is 6.61 Å². The second-order valence-corrected chi connectivity index (χ2v) is 6.77. The molecule has 0 bridgehead atoms. The number of benzene rings is 2. The average molecular weight is 353 g/mol. The van der Waals surface area contributed by atoms with Gasteiger partial charge in [0.25, 0.3) is 0 Å². The molecule has 2 aromatic rings. The first-order valence-electron chi connectivity index (χ1n) is 9.14. The highest BCUT2D eigenvalue weighted by Crippen LogP contribution is 2.15. The first-order valence-corrected chi connectivity index (χ1v) is 9.14. The number of amides is 2. The maximum absolute atomic E-state index is 12.3. The van der Waals surface area contributed by atoms with Crippen LogP contribution in [0, 0.1) is 0 Å². The van der Waals surface area contributed by atoms with Gasteiger partial charge in [0.1, 0.15) is 0 Å². The van der Waals surface area contributed by atoms with Crippen LogP contribution in [0.4, 0.5) is 10.5 Å². The molecule has 0 unspecified atom stereocenters. The second-order valence-electron chi connectivity index (χ2n) is 6.77. The summed E-state index contributed by atoms with van der Waals surface area (Å²) in [6, 6.07) is 18.3. The van der Waals surface area contributed by atoms with E-state index in [2.05, 4.69) is 39.8 Å². The Kier molecular flexibility index (Phi) is 6.63. The van der Waals surface area contributed by atoms with Gasteiger partial charge >= 0.3 is 6.03 Å². The topological polar surface area (TPSA) is 53.6 Å². The van der Waals surface area contributed by atoms with Crippen LogP contribution in [-0.2, 0) is 17.9 Å². The number of anilines is 1. The van der Waals surface area contributed by atoms with Crippen molar-refractivity contribution in [3.63, 3.8) is 0 Å². The number of rotatable bonds is 6. The van der Waals surface area contributed by atoms with Crippen LogP contribution in [0.15, 0.2) is 54.6 Å². The molecule has 0 atom stereocenters. The van der Waals surface area contributed by atoms with E-state index in [9.17, 15) is 4.79 Å². The number of likely N-dealkylation sites (tertiary alicyclic amines) is 1. The summed E-state index contributed by atoms with van der Waals surface area (Å²) in [4.78, 5) is 14.7. The van der Waals surface area contributed by atoms with Crippen LogP contribution in [0.3, 0.4) is 0 Å². The van der Waals surface area contributed by atoms with Crippen LogP contribution in [0.5, 0.6) is 0 Å². The maximum atomic E-state index is 12.3. The standard InChI is InChI=1S/C21H27N3O2/c1-26-16-18-8-5-9-20(14-18)23-21(25)22-19-10-12-24(13-11-19)15-17-6-3-2-4-7-17/h2-9,14,19H,10-13,15-16H2,1H3,(H2,22,23,25). The molecule has 138 valence electrons. The molecule has 2 N–H and O–H groups in total. The highest BCUT2D eigenvalue weighted by molar-refractivity contribution is 5.89. The summed E-state index contributed by atoms with van der Waals surface area (Å²) in [5, 5.41) is 6.02. The molecule has 0 aromatic heterocycles. The summed E-state index contributed by atoms with van der Waals surface area (Å²) in [5.74, 6) is 0. The number of nitrogens with one attached hydrogen (secondary N) is 2. The Bertz CT molecular complexity index is 697. The molecule has 5 nitrogen and oxygen atoms in total. The molecule has 3 rings (SSSR count). The van der Waals surface area contributed by atoms with Crippen molar-refractivity contribution in [1.82, 2.24) is 10.2 Å². The Morgan fingerprint density at radius 2 is 1.81 bits per heavy atom. The second kappa shape index (κ2) is 9.36. The number of hydrogen-bond acceptors (Lipinski definition) is 3. The van der Waals surface area contributed by atoms with Gasteiger partial charge in [-0.2, -0.15) is 0 Å². The van der Waals surface area contributed by atoms with Crippen LogP contribution in [0.25, 0.3) is 0 Å². The average Bonchev–Trinajstić information content (AvgIpc) is 2.65. The van der Waals surface area contributed by atoms with Crippen molar-refractivity contribution >= 4 is 11.7 Å². The molecule has 2 amide bonds. The van der Waals surface area contributed by atoms with E-state index in [-0.39, 0.29) is 12.1 Å². The number of piperidine rings is 1. The number of ether oxygens (including phenoxy) is 1. The zero-order valence-electron chi connectivity index (χ0n) is 15.3. The van der Waals surface area contributed by atoms with Gasteiger partial charge in [-0.05, 0) is 36.1 Å². The summed E-state index contributed by atoms with van der Waals surface area (Å²) >= 11 is 0. The van der Waals surface area contributed by atoms with Crippen LogP contribution in [0.1, 0.15) is 24.0 Å². The van der Waals surface area contributed by atoms with Gasteiger partial charge in [-0.15, -0.1) is 0 Å². The summed E-state index contributed by atoms with van der Waals surface area (Å²) < 4.78 is 5.13. The first-order chi connectivity index (χ1) is 12.7. The van der Waals surface area contributed by atoms with Crippen molar-refractivity contribution in [2.24, 2.45) is 0 Å². The minimum atomic E-state index is -0.138. The monoisotopic (exact) mass is 353 g/mol. The predicted molar refractivity (Wildman–Crippen MR) is 104 cm³/mol. The van der Waals surface area contributed by atoms with Gasteiger partial charge in [-0.25, -0.2) is 4.79 Å². The van der Waals surface area contributed by atoms with E-state index in [1.165, 1.54) is 5.56 Å². The van der Waals surface area contributed by atoms with E-state index in [1.54, 1.807) is 7.11 Å². The summed E-state index contributed by atoms with van der Waals surface area (Å²) in [6.07, 6.45) is 1.95. The molecule has 26 heavy (non-hydrogen) atoms. The van der Waals surface area contributed by atoms with Crippen LogP contribution < -0.4 is 10.6 Å². The van der Waals surface area contributed by atoms with Crippen LogP contribution in [0.2, 0.25) is 0 Å². The SMILES string of the molecule is COCc1cccc(NC(=O)NC2CCN(Cc3ccccc3)CC2)c1. The van der Waals surface area contributed by atoms with Crippen molar-refractivity contribution in [1.29, 1.82) is 0 Å². The lowest BCUT2D eigenvalue weighted by Gasteiger charge is -2.32. The van der Waals surface area contributed by atoms with Gasteiger partial charge in [-0.3, -0.25) is 4.90 Å². The summed E-state index contributed by atoms with van der Waals surface area (Å²) in [6.45, 7) is 3.52. The molecular weight excluding hydrogens is 326 g/mol. The third-order valence-electron chi connectivity index (χ3n) is 4.67. The van der Waals surface area contributed by atoms with Gasteiger partial charge < -0.3 is 15.4 Å². The molecule has 1 saturated heterocycles. The normalized spacial score (nSPS) is 15.6. The Labute approximate surface area is 155 Å².